The molecule has 1 aromatic heterocycles. The second kappa shape index (κ2) is 4.34. The number of fused-ring (bicyclic) bond motifs is 1. The summed E-state index contributed by atoms with van der Waals surface area (Å²) in [5.74, 6) is 4.63. The number of hydrazine groups is 1. The highest BCUT2D eigenvalue weighted by Gasteiger charge is 2.15. The number of nitrogens with two attached hydrogens (primary N) is 2. The number of carbonyl (C=O) groups is 1. The van der Waals surface area contributed by atoms with Crippen LogP contribution in [0.1, 0.15) is 5.56 Å². The lowest BCUT2D eigenvalue weighted by Gasteiger charge is -2.07. The summed E-state index contributed by atoms with van der Waals surface area (Å²) >= 11 is 0. The van der Waals surface area contributed by atoms with Gasteiger partial charge in [0, 0.05) is 17.4 Å². The Kier molecular flexibility index (Phi) is 2.89. The maximum atomic E-state index is 11.2. The minimum absolute atomic E-state index is 0.384. The molecule has 2 rings (SSSR count). The van der Waals surface area contributed by atoms with Crippen LogP contribution in [0.25, 0.3) is 11.0 Å². The highest BCUT2D eigenvalue weighted by Crippen LogP contribution is 2.21. The van der Waals surface area contributed by atoms with Crippen molar-refractivity contribution in [1.29, 1.82) is 0 Å². The molecular weight excluding hydrogens is 206 g/mol. The van der Waals surface area contributed by atoms with Gasteiger partial charge in [-0.05, 0) is 6.07 Å². The monoisotopic (exact) mass is 219 g/mol. The maximum Gasteiger partial charge on any atom is 0.251 e. The van der Waals surface area contributed by atoms with Crippen LogP contribution >= 0.6 is 0 Å². The van der Waals surface area contributed by atoms with E-state index in [4.69, 9.17) is 16.0 Å². The van der Waals surface area contributed by atoms with Gasteiger partial charge in [0.25, 0.3) is 5.91 Å². The van der Waals surface area contributed by atoms with Crippen LogP contribution in [0, 0.1) is 0 Å². The minimum Gasteiger partial charge on any atom is -0.464 e. The van der Waals surface area contributed by atoms with Gasteiger partial charge in [-0.25, -0.2) is 5.84 Å². The first kappa shape index (κ1) is 10.7. The van der Waals surface area contributed by atoms with Crippen molar-refractivity contribution in [2.45, 2.75) is 12.5 Å². The van der Waals surface area contributed by atoms with Crippen LogP contribution in [0.5, 0.6) is 0 Å². The van der Waals surface area contributed by atoms with Crippen LogP contribution in [-0.4, -0.2) is 11.9 Å². The van der Waals surface area contributed by atoms with E-state index in [1.807, 2.05) is 29.7 Å². The fraction of sp³-hybridized carbons (Fsp3) is 0.182. The number of furan rings is 1. The molecule has 0 radical (unpaired) electrons. The van der Waals surface area contributed by atoms with Gasteiger partial charge in [0.1, 0.15) is 5.58 Å². The van der Waals surface area contributed by atoms with Gasteiger partial charge in [0.2, 0.25) is 0 Å². The molecule has 0 fully saturated rings. The van der Waals surface area contributed by atoms with Crippen molar-refractivity contribution in [2.24, 2.45) is 11.6 Å². The summed E-state index contributed by atoms with van der Waals surface area (Å²) in [6.07, 6.45) is 2.02. The number of carbonyl (C=O) groups excluding carboxylic acids is 1. The Morgan fingerprint density at radius 1 is 1.44 bits per heavy atom. The molecule has 1 aromatic carbocycles. The molecule has 1 atom stereocenters. The Morgan fingerprint density at radius 2 is 2.19 bits per heavy atom. The zero-order chi connectivity index (χ0) is 11.5. The van der Waals surface area contributed by atoms with Crippen LogP contribution in [0.2, 0.25) is 0 Å². The van der Waals surface area contributed by atoms with E-state index in [2.05, 4.69) is 0 Å². The molecule has 0 saturated carbocycles. The van der Waals surface area contributed by atoms with Gasteiger partial charge in [-0.2, -0.15) is 0 Å². The quantitative estimate of drug-likeness (QED) is 0.393. The molecule has 5 nitrogen and oxygen atoms in total. The van der Waals surface area contributed by atoms with Gasteiger partial charge in [-0.15, -0.1) is 0 Å². The van der Waals surface area contributed by atoms with Crippen molar-refractivity contribution < 1.29 is 9.21 Å². The van der Waals surface area contributed by atoms with E-state index in [9.17, 15) is 4.79 Å². The zero-order valence-electron chi connectivity index (χ0n) is 8.64. The van der Waals surface area contributed by atoms with Crippen LogP contribution in [0.15, 0.2) is 34.9 Å². The first-order valence-electron chi connectivity index (χ1n) is 4.93. The van der Waals surface area contributed by atoms with Crippen LogP contribution in [0.3, 0.4) is 0 Å². The Hall–Kier alpha value is -1.85. The van der Waals surface area contributed by atoms with Crippen molar-refractivity contribution in [1.82, 2.24) is 5.43 Å². The topological polar surface area (TPSA) is 94.3 Å². The zero-order valence-corrected chi connectivity index (χ0v) is 8.64. The summed E-state index contributed by atoms with van der Waals surface area (Å²) in [4.78, 5) is 11.2. The lowest BCUT2D eigenvalue weighted by Crippen LogP contribution is -2.45. The van der Waals surface area contributed by atoms with E-state index in [-0.39, 0.29) is 5.91 Å². The Balaban J connectivity index is 2.24. The van der Waals surface area contributed by atoms with Gasteiger partial charge in [0.15, 0.2) is 0 Å². The number of para-hydroxylation sites is 1. The first-order valence-corrected chi connectivity index (χ1v) is 4.93. The summed E-state index contributed by atoms with van der Waals surface area (Å²) in [6, 6.07) is 6.94. The van der Waals surface area contributed by atoms with E-state index in [0.29, 0.717) is 6.42 Å². The molecule has 0 aliphatic heterocycles. The molecule has 0 spiro atoms. The van der Waals surface area contributed by atoms with Gasteiger partial charge >= 0.3 is 0 Å². The fourth-order valence-corrected chi connectivity index (χ4v) is 1.63. The van der Waals surface area contributed by atoms with Crippen molar-refractivity contribution in [2.75, 3.05) is 0 Å². The van der Waals surface area contributed by atoms with Gasteiger partial charge in [-0.3, -0.25) is 10.2 Å². The normalized spacial score (nSPS) is 12.6. The molecule has 5 heteroatoms. The molecule has 0 aliphatic rings. The number of hydrogen-bond donors (Lipinski definition) is 3. The molecule has 0 saturated heterocycles. The predicted molar refractivity (Wildman–Crippen MR) is 60.2 cm³/mol. The second-order valence-corrected chi connectivity index (χ2v) is 3.58. The molecule has 0 aliphatic carbocycles. The third-order valence-corrected chi connectivity index (χ3v) is 2.48. The van der Waals surface area contributed by atoms with E-state index in [0.717, 1.165) is 16.5 Å². The van der Waals surface area contributed by atoms with Crippen molar-refractivity contribution >= 4 is 16.9 Å². The number of hydrogen-bond acceptors (Lipinski definition) is 4. The molecule has 5 N–H and O–H groups in total. The maximum absolute atomic E-state index is 11.2. The molecule has 1 unspecified atom stereocenters. The first-order chi connectivity index (χ1) is 7.72. The Labute approximate surface area is 92.4 Å². The predicted octanol–water partition coefficient (Wildman–Crippen LogP) is 0.293. The number of amides is 1. The smallest absolute Gasteiger partial charge is 0.251 e. The molecular formula is C11H13N3O2. The molecule has 1 amide bonds. The number of rotatable bonds is 3. The summed E-state index contributed by atoms with van der Waals surface area (Å²) < 4.78 is 5.34. The minimum atomic E-state index is -0.661. The van der Waals surface area contributed by atoms with Crippen molar-refractivity contribution in [3.8, 4) is 0 Å². The highest BCUT2D eigenvalue weighted by molar-refractivity contribution is 5.84. The van der Waals surface area contributed by atoms with Crippen LogP contribution in [-0.2, 0) is 11.2 Å². The van der Waals surface area contributed by atoms with E-state index in [1.165, 1.54) is 0 Å². The summed E-state index contributed by atoms with van der Waals surface area (Å²) in [5, 5.41) is 0.975. The average molecular weight is 219 g/mol. The third-order valence-electron chi connectivity index (χ3n) is 2.48. The Morgan fingerprint density at radius 3 is 2.94 bits per heavy atom. The van der Waals surface area contributed by atoms with Crippen molar-refractivity contribution in [3.05, 3.63) is 36.1 Å². The standard InChI is InChI=1S/C11H13N3O2/c12-9(11(15)14-13)5-7-6-16-10-4-2-1-3-8(7)10/h1-4,6,9H,5,12-13H2,(H,14,15). The summed E-state index contributed by atoms with van der Waals surface area (Å²) in [6.45, 7) is 0. The van der Waals surface area contributed by atoms with E-state index >= 15 is 0 Å². The summed E-state index contributed by atoms with van der Waals surface area (Å²) in [5.41, 5.74) is 9.41. The largest absolute Gasteiger partial charge is 0.464 e. The molecule has 16 heavy (non-hydrogen) atoms. The SMILES string of the molecule is NNC(=O)C(N)Cc1coc2ccccc12. The Bertz CT molecular complexity index is 507. The molecule has 84 valence electrons. The number of nitrogens with one attached hydrogen (secondary N) is 1. The van der Waals surface area contributed by atoms with Crippen LogP contribution in [0.4, 0.5) is 0 Å². The van der Waals surface area contributed by atoms with Crippen LogP contribution < -0.4 is 17.0 Å². The van der Waals surface area contributed by atoms with Gasteiger partial charge in [0.05, 0.1) is 12.3 Å². The lowest BCUT2D eigenvalue weighted by molar-refractivity contribution is -0.122. The van der Waals surface area contributed by atoms with E-state index in [1.54, 1.807) is 6.26 Å². The molecule has 0 bridgehead atoms. The van der Waals surface area contributed by atoms with E-state index < -0.39 is 6.04 Å². The average Bonchev–Trinajstić information content (AvgIpc) is 2.72. The van der Waals surface area contributed by atoms with Gasteiger partial charge in [-0.1, -0.05) is 18.2 Å². The van der Waals surface area contributed by atoms with Crippen molar-refractivity contribution in [3.63, 3.8) is 0 Å². The lowest BCUT2D eigenvalue weighted by atomic mass is 10.1. The number of benzene rings is 1. The second-order valence-electron chi connectivity index (χ2n) is 3.58. The molecule has 2 aromatic rings. The third kappa shape index (κ3) is 1.91. The summed E-state index contributed by atoms with van der Waals surface area (Å²) in [7, 11) is 0. The fourth-order valence-electron chi connectivity index (χ4n) is 1.63. The highest BCUT2D eigenvalue weighted by atomic mass is 16.3. The van der Waals surface area contributed by atoms with Gasteiger partial charge < -0.3 is 10.2 Å². The molecule has 1 heterocycles.